The van der Waals surface area contributed by atoms with Crippen LogP contribution in [0.5, 0.6) is 5.75 Å². The van der Waals surface area contributed by atoms with Crippen LogP contribution in [0.1, 0.15) is 41.6 Å². The Morgan fingerprint density at radius 3 is 2.72 bits per heavy atom. The van der Waals surface area contributed by atoms with E-state index >= 15 is 0 Å². The summed E-state index contributed by atoms with van der Waals surface area (Å²) in [6.07, 6.45) is 2.66. The molecule has 3 aliphatic rings. The highest BCUT2D eigenvalue weighted by atomic mass is 16.5. The summed E-state index contributed by atoms with van der Waals surface area (Å²) in [5.41, 5.74) is 1.43. The fraction of sp³-hybridized carbons (Fsp3) is 0.571. The minimum Gasteiger partial charge on any atom is -0.493 e. The van der Waals surface area contributed by atoms with Gasteiger partial charge in [0.15, 0.2) is 0 Å². The summed E-state index contributed by atoms with van der Waals surface area (Å²) in [4.78, 5) is 40.4. The third kappa shape index (κ3) is 4.43. The molecule has 0 bridgehead atoms. The van der Waals surface area contributed by atoms with Gasteiger partial charge in [-0.3, -0.25) is 19.7 Å². The molecule has 156 valence electrons. The number of nitrogens with one attached hydrogen (secondary N) is 2. The number of hydrogen-bond donors (Lipinski definition) is 2. The fourth-order valence-electron chi connectivity index (χ4n) is 4.25. The number of piperidine rings is 1. The van der Waals surface area contributed by atoms with E-state index in [4.69, 9.17) is 4.74 Å². The molecule has 3 heterocycles. The first-order valence-corrected chi connectivity index (χ1v) is 10.5. The molecular formula is C21H28N4O4. The Balaban J connectivity index is 1.32. The van der Waals surface area contributed by atoms with Gasteiger partial charge < -0.3 is 19.9 Å². The van der Waals surface area contributed by atoms with Crippen molar-refractivity contribution in [2.45, 2.75) is 38.3 Å². The molecule has 0 aromatic heterocycles. The van der Waals surface area contributed by atoms with Crippen molar-refractivity contribution in [2.75, 3.05) is 39.3 Å². The quantitative estimate of drug-likeness (QED) is 0.512. The highest BCUT2D eigenvalue weighted by Gasteiger charge is 2.40. The van der Waals surface area contributed by atoms with Crippen molar-refractivity contribution in [1.29, 1.82) is 0 Å². The van der Waals surface area contributed by atoms with Crippen LogP contribution < -0.4 is 15.4 Å². The molecule has 8 heteroatoms. The minimum absolute atomic E-state index is 0.168. The molecule has 0 radical (unpaired) electrons. The molecule has 29 heavy (non-hydrogen) atoms. The number of carbonyl (C=O) groups is 3. The third-order valence-corrected chi connectivity index (χ3v) is 5.87. The molecule has 0 aliphatic carbocycles. The number of piperazine rings is 1. The lowest BCUT2D eigenvalue weighted by molar-refractivity contribution is -0.136. The molecule has 1 aromatic rings. The molecule has 2 N–H and O–H groups in total. The number of rotatable bonds is 7. The highest BCUT2D eigenvalue weighted by Crippen LogP contribution is 2.33. The van der Waals surface area contributed by atoms with Gasteiger partial charge in [-0.25, -0.2) is 0 Å². The van der Waals surface area contributed by atoms with E-state index in [2.05, 4.69) is 15.5 Å². The zero-order valence-corrected chi connectivity index (χ0v) is 16.6. The number of nitrogens with zero attached hydrogens (tertiary/aromatic N) is 2. The number of fused-ring (bicyclic) bond motifs is 1. The second kappa shape index (κ2) is 8.92. The smallest absolute Gasteiger partial charge is 0.255 e. The maximum absolute atomic E-state index is 12.8. The SMILES string of the molecule is O=C1CCC(N2Cc3c(OCCCCN4CCNCC4)cccc3C2=O)C(=O)N1. The molecule has 1 atom stereocenters. The fourth-order valence-corrected chi connectivity index (χ4v) is 4.25. The average Bonchev–Trinajstić information content (AvgIpc) is 3.06. The normalized spacial score (nSPS) is 22.6. The molecule has 4 rings (SSSR count). The summed E-state index contributed by atoms with van der Waals surface area (Å²) in [6, 6.07) is 4.89. The number of ether oxygens (including phenoxy) is 1. The summed E-state index contributed by atoms with van der Waals surface area (Å²) in [6.45, 7) is 6.36. The molecule has 0 saturated carbocycles. The lowest BCUT2D eigenvalue weighted by atomic mass is 10.0. The monoisotopic (exact) mass is 400 g/mol. The van der Waals surface area contributed by atoms with Crippen LogP contribution in [-0.2, 0) is 16.1 Å². The number of carbonyl (C=O) groups excluding carboxylic acids is 3. The van der Waals surface area contributed by atoms with Crippen LogP contribution >= 0.6 is 0 Å². The van der Waals surface area contributed by atoms with Gasteiger partial charge in [0.2, 0.25) is 11.8 Å². The van der Waals surface area contributed by atoms with Crippen LogP contribution in [0.15, 0.2) is 18.2 Å². The maximum Gasteiger partial charge on any atom is 0.255 e. The zero-order chi connectivity index (χ0) is 20.2. The van der Waals surface area contributed by atoms with Crippen molar-refractivity contribution in [3.63, 3.8) is 0 Å². The van der Waals surface area contributed by atoms with Crippen molar-refractivity contribution >= 4 is 17.7 Å². The van der Waals surface area contributed by atoms with Crippen LogP contribution in [0.3, 0.4) is 0 Å². The van der Waals surface area contributed by atoms with Crippen molar-refractivity contribution in [1.82, 2.24) is 20.4 Å². The number of amides is 3. The van der Waals surface area contributed by atoms with Gasteiger partial charge in [0.25, 0.3) is 5.91 Å². The Morgan fingerprint density at radius 2 is 1.93 bits per heavy atom. The second-order valence-corrected chi connectivity index (χ2v) is 7.83. The second-order valence-electron chi connectivity index (χ2n) is 7.83. The van der Waals surface area contributed by atoms with Gasteiger partial charge in [0.05, 0.1) is 13.2 Å². The summed E-state index contributed by atoms with van der Waals surface area (Å²) >= 11 is 0. The first-order chi connectivity index (χ1) is 14.1. The van der Waals surface area contributed by atoms with Gasteiger partial charge in [0, 0.05) is 43.7 Å². The standard InChI is InChI=1S/C21H28N4O4/c26-19-7-6-17(20(27)23-19)25-14-16-15(21(25)28)4-3-5-18(16)29-13-2-1-10-24-11-8-22-9-12-24/h3-5,17,22H,1-2,6-14H2,(H,23,26,27). The molecule has 3 amide bonds. The largest absolute Gasteiger partial charge is 0.493 e. The number of imide groups is 1. The third-order valence-electron chi connectivity index (χ3n) is 5.87. The first-order valence-electron chi connectivity index (χ1n) is 10.5. The molecule has 2 saturated heterocycles. The van der Waals surface area contributed by atoms with E-state index in [9.17, 15) is 14.4 Å². The van der Waals surface area contributed by atoms with Crippen LogP contribution in [0.25, 0.3) is 0 Å². The maximum atomic E-state index is 12.8. The predicted molar refractivity (Wildman–Crippen MR) is 107 cm³/mol. The van der Waals surface area contributed by atoms with Crippen molar-refractivity contribution < 1.29 is 19.1 Å². The van der Waals surface area contributed by atoms with Gasteiger partial charge in [-0.1, -0.05) is 6.07 Å². The Morgan fingerprint density at radius 1 is 1.10 bits per heavy atom. The number of hydrogen-bond acceptors (Lipinski definition) is 6. The van der Waals surface area contributed by atoms with Gasteiger partial charge in [-0.2, -0.15) is 0 Å². The highest BCUT2D eigenvalue weighted by molar-refractivity contribution is 6.05. The molecule has 8 nitrogen and oxygen atoms in total. The molecule has 0 spiro atoms. The Kier molecular flexibility index (Phi) is 6.10. The summed E-state index contributed by atoms with van der Waals surface area (Å²) in [5, 5.41) is 5.69. The molecule has 1 aromatic carbocycles. The summed E-state index contributed by atoms with van der Waals surface area (Å²) < 4.78 is 6.00. The predicted octanol–water partition coefficient (Wildman–Crippen LogP) is 0.512. The topological polar surface area (TPSA) is 91.0 Å². The van der Waals surface area contributed by atoms with Gasteiger partial charge in [0.1, 0.15) is 11.8 Å². The average molecular weight is 400 g/mol. The van der Waals surface area contributed by atoms with Crippen LogP contribution in [-0.4, -0.2) is 72.9 Å². The first kappa shape index (κ1) is 19.8. The molecule has 1 unspecified atom stereocenters. The lowest BCUT2D eigenvalue weighted by Gasteiger charge is -2.29. The Hall–Kier alpha value is -2.45. The molecule has 2 fully saturated rings. The van der Waals surface area contributed by atoms with Crippen molar-refractivity contribution in [2.24, 2.45) is 0 Å². The van der Waals surface area contributed by atoms with Gasteiger partial charge in [-0.15, -0.1) is 0 Å². The van der Waals surface area contributed by atoms with Crippen molar-refractivity contribution in [3.8, 4) is 5.75 Å². The minimum atomic E-state index is -0.598. The van der Waals surface area contributed by atoms with E-state index in [1.54, 1.807) is 11.0 Å². The summed E-state index contributed by atoms with van der Waals surface area (Å²) in [5.74, 6) is -0.121. The van der Waals surface area contributed by atoms with E-state index in [0.29, 0.717) is 30.9 Å². The lowest BCUT2D eigenvalue weighted by Crippen LogP contribution is -2.52. The van der Waals surface area contributed by atoms with Crippen molar-refractivity contribution in [3.05, 3.63) is 29.3 Å². The van der Waals surface area contributed by atoms with E-state index in [1.165, 1.54) is 0 Å². The van der Waals surface area contributed by atoms with E-state index < -0.39 is 11.9 Å². The summed E-state index contributed by atoms with van der Waals surface area (Å²) in [7, 11) is 0. The Bertz CT molecular complexity index is 791. The molecular weight excluding hydrogens is 372 g/mol. The van der Waals surface area contributed by atoms with Gasteiger partial charge >= 0.3 is 0 Å². The van der Waals surface area contributed by atoms with E-state index in [-0.39, 0.29) is 18.2 Å². The van der Waals surface area contributed by atoms with Crippen LogP contribution in [0.2, 0.25) is 0 Å². The molecule has 3 aliphatic heterocycles. The zero-order valence-electron chi connectivity index (χ0n) is 16.6. The van der Waals surface area contributed by atoms with E-state index in [0.717, 1.165) is 51.1 Å². The van der Waals surface area contributed by atoms with Gasteiger partial charge in [-0.05, 0) is 37.9 Å². The van der Waals surface area contributed by atoms with Crippen LogP contribution in [0, 0.1) is 0 Å². The Labute approximate surface area is 170 Å². The number of benzene rings is 1. The van der Waals surface area contributed by atoms with Crippen LogP contribution in [0.4, 0.5) is 0 Å². The van der Waals surface area contributed by atoms with E-state index in [1.807, 2.05) is 12.1 Å². The number of unbranched alkanes of at least 4 members (excludes halogenated alkanes) is 1.